The van der Waals surface area contributed by atoms with Gasteiger partial charge < -0.3 is 10.1 Å². The van der Waals surface area contributed by atoms with Crippen LogP contribution in [0.3, 0.4) is 0 Å². The van der Waals surface area contributed by atoms with E-state index in [2.05, 4.69) is 5.32 Å². The number of ketones is 1. The summed E-state index contributed by atoms with van der Waals surface area (Å²) in [7, 11) is 1.53. The summed E-state index contributed by atoms with van der Waals surface area (Å²) >= 11 is 12.1. The third kappa shape index (κ3) is 3.69. The number of methoxy groups -OCH3 is 1. The summed E-state index contributed by atoms with van der Waals surface area (Å²) < 4.78 is 5.06. The van der Waals surface area contributed by atoms with Crippen molar-refractivity contribution in [1.82, 2.24) is 0 Å². The molecule has 0 radical (unpaired) electrons. The first-order valence-corrected chi connectivity index (χ1v) is 7.14. The van der Waals surface area contributed by atoms with Crippen LogP contribution in [0.4, 0.5) is 5.69 Å². The number of ether oxygens (including phenoxy) is 1. The zero-order chi connectivity index (χ0) is 15.4. The molecule has 0 aromatic heterocycles. The van der Waals surface area contributed by atoms with Gasteiger partial charge in [0.05, 0.1) is 18.7 Å². The van der Waals surface area contributed by atoms with Crippen LogP contribution in [0, 0.1) is 6.92 Å². The Labute approximate surface area is 133 Å². The van der Waals surface area contributed by atoms with Gasteiger partial charge in [-0.1, -0.05) is 29.3 Å². The van der Waals surface area contributed by atoms with Gasteiger partial charge >= 0.3 is 0 Å². The molecule has 5 heteroatoms. The average molecular weight is 324 g/mol. The summed E-state index contributed by atoms with van der Waals surface area (Å²) in [6.45, 7) is 2.07. The van der Waals surface area contributed by atoms with Crippen molar-refractivity contribution in [2.45, 2.75) is 6.92 Å². The van der Waals surface area contributed by atoms with Gasteiger partial charge in [-0.25, -0.2) is 0 Å². The van der Waals surface area contributed by atoms with Gasteiger partial charge in [-0.15, -0.1) is 0 Å². The van der Waals surface area contributed by atoms with Crippen LogP contribution in [0.5, 0.6) is 5.75 Å². The lowest BCUT2D eigenvalue weighted by atomic mass is 10.1. The highest BCUT2D eigenvalue weighted by Gasteiger charge is 2.10. The normalized spacial score (nSPS) is 10.3. The van der Waals surface area contributed by atoms with Gasteiger partial charge in [-0.2, -0.15) is 0 Å². The average Bonchev–Trinajstić information content (AvgIpc) is 2.48. The first-order valence-electron chi connectivity index (χ1n) is 6.38. The van der Waals surface area contributed by atoms with E-state index < -0.39 is 0 Å². The van der Waals surface area contributed by atoms with Crippen LogP contribution in [-0.4, -0.2) is 19.4 Å². The van der Waals surface area contributed by atoms with Gasteiger partial charge in [0.25, 0.3) is 0 Å². The van der Waals surface area contributed by atoms with Gasteiger partial charge in [0.2, 0.25) is 0 Å². The Morgan fingerprint density at radius 3 is 2.62 bits per heavy atom. The predicted molar refractivity (Wildman–Crippen MR) is 87.0 cm³/mol. The van der Waals surface area contributed by atoms with Crippen molar-refractivity contribution in [1.29, 1.82) is 0 Å². The number of carbonyl (C=O) groups is 1. The molecule has 0 amide bonds. The summed E-state index contributed by atoms with van der Waals surface area (Å²) in [4.78, 5) is 12.2. The Hall–Kier alpha value is -1.71. The maximum Gasteiger partial charge on any atom is 0.181 e. The monoisotopic (exact) mass is 323 g/mol. The number of hydrogen-bond donors (Lipinski definition) is 1. The molecule has 0 saturated carbocycles. The number of anilines is 1. The molecule has 3 nitrogen and oxygen atoms in total. The molecule has 0 aliphatic rings. The minimum absolute atomic E-state index is 0.0565. The standard InChI is InChI=1S/C16H15Cl2NO2/c1-10-12(17)4-3-5-14(10)19-9-15(20)11-6-7-16(21-2)13(18)8-11/h3-8,19H,9H2,1-2H3. The van der Waals surface area contributed by atoms with Gasteiger partial charge in [-0.05, 0) is 42.8 Å². The fourth-order valence-corrected chi connectivity index (χ4v) is 2.35. The van der Waals surface area contributed by atoms with E-state index in [1.807, 2.05) is 25.1 Å². The molecule has 0 bridgehead atoms. The number of benzene rings is 2. The fourth-order valence-electron chi connectivity index (χ4n) is 1.92. The van der Waals surface area contributed by atoms with Crippen molar-refractivity contribution < 1.29 is 9.53 Å². The SMILES string of the molecule is COc1ccc(C(=O)CNc2cccc(Cl)c2C)cc1Cl. The number of carbonyl (C=O) groups excluding carboxylic acids is 1. The van der Waals surface area contributed by atoms with Crippen LogP contribution in [0.15, 0.2) is 36.4 Å². The number of halogens is 2. The molecule has 0 aliphatic heterocycles. The molecule has 2 rings (SSSR count). The van der Waals surface area contributed by atoms with Crippen LogP contribution in [0.1, 0.15) is 15.9 Å². The van der Waals surface area contributed by atoms with E-state index in [1.165, 1.54) is 7.11 Å². The summed E-state index contributed by atoms with van der Waals surface area (Å²) in [6.07, 6.45) is 0. The molecule has 0 spiro atoms. The molecular weight excluding hydrogens is 309 g/mol. The van der Waals surface area contributed by atoms with Gasteiger partial charge in [0.1, 0.15) is 5.75 Å². The molecule has 0 fully saturated rings. The highest BCUT2D eigenvalue weighted by molar-refractivity contribution is 6.32. The summed E-state index contributed by atoms with van der Waals surface area (Å²) in [5.41, 5.74) is 2.29. The second-order valence-electron chi connectivity index (χ2n) is 4.54. The second-order valence-corrected chi connectivity index (χ2v) is 5.35. The first-order chi connectivity index (χ1) is 10.0. The number of nitrogens with one attached hydrogen (secondary N) is 1. The van der Waals surface area contributed by atoms with Crippen molar-refractivity contribution >= 4 is 34.7 Å². The molecule has 2 aromatic rings. The Balaban J connectivity index is 2.08. The lowest BCUT2D eigenvalue weighted by Gasteiger charge is -2.10. The smallest absolute Gasteiger partial charge is 0.181 e. The molecular formula is C16H15Cl2NO2. The lowest BCUT2D eigenvalue weighted by molar-refractivity contribution is 0.101. The van der Waals surface area contributed by atoms with E-state index in [4.69, 9.17) is 27.9 Å². The maximum absolute atomic E-state index is 12.2. The van der Waals surface area contributed by atoms with E-state index in [0.717, 1.165) is 11.3 Å². The topological polar surface area (TPSA) is 38.3 Å². The van der Waals surface area contributed by atoms with E-state index in [1.54, 1.807) is 18.2 Å². The third-order valence-electron chi connectivity index (χ3n) is 3.18. The Morgan fingerprint density at radius 2 is 1.95 bits per heavy atom. The quantitative estimate of drug-likeness (QED) is 0.817. The van der Waals surface area contributed by atoms with E-state index in [-0.39, 0.29) is 12.3 Å². The lowest BCUT2D eigenvalue weighted by Crippen LogP contribution is -2.14. The minimum atomic E-state index is -0.0565. The molecule has 2 aromatic carbocycles. The Bertz CT molecular complexity index is 671. The number of rotatable bonds is 5. The summed E-state index contributed by atoms with van der Waals surface area (Å²) in [5, 5.41) is 4.18. The zero-order valence-corrected chi connectivity index (χ0v) is 13.3. The molecule has 21 heavy (non-hydrogen) atoms. The van der Waals surface area contributed by atoms with Crippen LogP contribution >= 0.6 is 23.2 Å². The highest BCUT2D eigenvalue weighted by atomic mass is 35.5. The second kappa shape index (κ2) is 6.83. The maximum atomic E-state index is 12.2. The molecule has 0 aliphatic carbocycles. The Kier molecular flexibility index (Phi) is 5.10. The zero-order valence-electron chi connectivity index (χ0n) is 11.7. The molecule has 0 atom stereocenters. The van der Waals surface area contributed by atoms with E-state index >= 15 is 0 Å². The number of Topliss-reactive ketones (excluding diaryl/α,β-unsaturated/α-hetero) is 1. The fraction of sp³-hybridized carbons (Fsp3) is 0.188. The molecule has 0 unspecified atom stereocenters. The molecule has 0 saturated heterocycles. The first kappa shape index (κ1) is 15.7. The van der Waals surface area contributed by atoms with Crippen LogP contribution in [0.2, 0.25) is 10.0 Å². The predicted octanol–water partition coefficient (Wildman–Crippen LogP) is 4.61. The largest absolute Gasteiger partial charge is 0.495 e. The van der Waals surface area contributed by atoms with Crippen molar-refractivity contribution in [3.63, 3.8) is 0 Å². The molecule has 1 N–H and O–H groups in total. The highest BCUT2D eigenvalue weighted by Crippen LogP contribution is 2.26. The Morgan fingerprint density at radius 1 is 1.19 bits per heavy atom. The number of hydrogen-bond acceptors (Lipinski definition) is 3. The van der Waals surface area contributed by atoms with E-state index in [0.29, 0.717) is 21.4 Å². The van der Waals surface area contributed by atoms with Gasteiger partial charge in [0.15, 0.2) is 5.78 Å². The van der Waals surface area contributed by atoms with Crippen LogP contribution < -0.4 is 10.1 Å². The van der Waals surface area contributed by atoms with Crippen molar-refractivity contribution in [2.24, 2.45) is 0 Å². The van der Waals surface area contributed by atoms with Gasteiger partial charge in [-0.3, -0.25) is 4.79 Å². The third-order valence-corrected chi connectivity index (χ3v) is 3.89. The molecule has 110 valence electrons. The van der Waals surface area contributed by atoms with Crippen molar-refractivity contribution in [3.05, 3.63) is 57.6 Å². The van der Waals surface area contributed by atoms with Crippen molar-refractivity contribution in [3.8, 4) is 5.75 Å². The minimum Gasteiger partial charge on any atom is -0.495 e. The van der Waals surface area contributed by atoms with E-state index in [9.17, 15) is 4.79 Å². The van der Waals surface area contributed by atoms with Gasteiger partial charge in [0, 0.05) is 16.3 Å². The van der Waals surface area contributed by atoms with Crippen molar-refractivity contribution in [2.75, 3.05) is 19.0 Å². The summed E-state index contributed by atoms with van der Waals surface area (Å²) in [5.74, 6) is 0.491. The summed E-state index contributed by atoms with van der Waals surface area (Å²) in [6, 6.07) is 10.5. The van der Waals surface area contributed by atoms with Crippen LogP contribution in [-0.2, 0) is 0 Å². The molecule has 0 heterocycles. The van der Waals surface area contributed by atoms with Crippen LogP contribution in [0.25, 0.3) is 0 Å².